The van der Waals surface area contributed by atoms with Crippen LogP contribution in [-0.4, -0.2) is 69.3 Å². The van der Waals surface area contributed by atoms with Crippen molar-refractivity contribution in [3.05, 3.63) is 24.3 Å². The molecule has 2 saturated heterocycles. The summed E-state index contributed by atoms with van der Waals surface area (Å²) in [5.74, 6) is 0.827. The second-order valence-electron chi connectivity index (χ2n) is 6.17. The molecule has 0 aliphatic carbocycles. The number of ether oxygens (including phenoxy) is 1. The van der Waals surface area contributed by atoms with Gasteiger partial charge in [-0.2, -0.15) is 0 Å². The summed E-state index contributed by atoms with van der Waals surface area (Å²) in [6.07, 6.45) is 2.54. The number of piperazine rings is 1. The Bertz CT molecular complexity index is 449. The Hall–Kier alpha value is -1.26. The van der Waals surface area contributed by atoms with E-state index in [2.05, 4.69) is 39.9 Å². The zero-order valence-corrected chi connectivity index (χ0v) is 13.2. The number of hydrogen-bond donors (Lipinski definition) is 0. The van der Waals surface area contributed by atoms with Crippen LogP contribution in [0.15, 0.2) is 18.2 Å². The molecule has 0 N–H and O–H groups in total. The molecule has 3 rings (SSSR count). The zero-order chi connectivity index (χ0) is 14.7. The van der Waals surface area contributed by atoms with Crippen molar-refractivity contribution in [2.24, 2.45) is 0 Å². The highest BCUT2D eigenvalue weighted by atomic mass is 16.5. The van der Waals surface area contributed by atoms with Gasteiger partial charge in [0, 0.05) is 63.1 Å². The van der Waals surface area contributed by atoms with Crippen LogP contribution in [0.5, 0.6) is 5.75 Å². The summed E-state index contributed by atoms with van der Waals surface area (Å²) >= 11 is 0. The summed E-state index contributed by atoms with van der Waals surface area (Å²) in [6, 6.07) is 10.1. The molecule has 2 aliphatic rings. The van der Waals surface area contributed by atoms with Crippen LogP contribution in [0.3, 0.4) is 0 Å². The van der Waals surface area contributed by atoms with Crippen LogP contribution in [0.2, 0.25) is 0 Å². The molecule has 0 amide bonds. The molecule has 0 spiro atoms. The molecule has 0 saturated carbocycles. The van der Waals surface area contributed by atoms with Gasteiger partial charge in [0.2, 0.25) is 0 Å². The van der Waals surface area contributed by atoms with Gasteiger partial charge in [-0.15, -0.1) is 0 Å². The van der Waals surface area contributed by atoms with Crippen LogP contribution >= 0.6 is 0 Å². The number of benzene rings is 1. The highest BCUT2D eigenvalue weighted by Gasteiger charge is 2.26. The SMILES string of the molecule is COc1[c]ccc(N2CCC(N3CCN(C)CC3)CC2)c1. The van der Waals surface area contributed by atoms with Crippen LogP contribution < -0.4 is 9.64 Å². The van der Waals surface area contributed by atoms with E-state index in [9.17, 15) is 0 Å². The van der Waals surface area contributed by atoms with Gasteiger partial charge in [-0.05, 0) is 32.0 Å². The largest absolute Gasteiger partial charge is 0.496 e. The summed E-state index contributed by atoms with van der Waals surface area (Å²) < 4.78 is 5.28. The lowest BCUT2D eigenvalue weighted by Crippen LogP contribution is -2.52. The topological polar surface area (TPSA) is 19.0 Å². The molecule has 1 aromatic carbocycles. The Kier molecular flexibility index (Phi) is 4.66. The number of methoxy groups -OCH3 is 1. The molecule has 0 atom stereocenters. The maximum absolute atomic E-state index is 5.28. The van der Waals surface area contributed by atoms with E-state index in [0.29, 0.717) is 0 Å². The van der Waals surface area contributed by atoms with Crippen molar-refractivity contribution in [2.75, 3.05) is 58.3 Å². The molecule has 4 heteroatoms. The highest BCUT2D eigenvalue weighted by molar-refractivity contribution is 5.50. The normalized spacial score (nSPS) is 22.5. The van der Waals surface area contributed by atoms with E-state index < -0.39 is 0 Å². The summed E-state index contributed by atoms with van der Waals surface area (Å²) in [4.78, 5) is 7.60. The summed E-state index contributed by atoms with van der Waals surface area (Å²) in [5, 5.41) is 0. The van der Waals surface area contributed by atoms with Crippen LogP contribution in [-0.2, 0) is 0 Å². The third kappa shape index (κ3) is 3.50. The second kappa shape index (κ2) is 6.67. The van der Waals surface area contributed by atoms with Crippen molar-refractivity contribution in [3.8, 4) is 5.75 Å². The summed E-state index contributed by atoms with van der Waals surface area (Å²) in [7, 11) is 3.93. The zero-order valence-electron chi connectivity index (χ0n) is 13.2. The summed E-state index contributed by atoms with van der Waals surface area (Å²) in [6.45, 7) is 7.18. The van der Waals surface area contributed by atoms with Gasteiger partial charge in [-0.25, -0.2) is 0 Å². The predicted molar refractivity (Wildman–Crippen MR) is 86.1 cm³/mol. The number of likely N-dealkylation sites (N-methyl/N-ethyl adjacent to an activating group) is 1. The molecule has 2 fully saturated rings. The first-order valence-corrected chi connectivity index (χ1v) is 7.99. The number of hydrogen-bond acceptors (Lipinski definition) is 4. The van der Waals surface area contributed by atoms with Gasteiger partial charge in [-0.1, -0.05) is 0 Å². The van der Waals surface area contributed by atoms with E-state index in [1.54, 1.807) is 7.11 Å². The first-order valence-electron chi connectivity index (χ1n) is 7.99. The first kappa shape index (κ1) is 14.7. The minimum Gasteiger partial charge on any atom is -0.496 e. The van der Waals surface area contributed by atoms with Crippen LogP contribution in [0, 0.1) is 6.07 Å². The van der Waals surface area contributed by atoms with E-state index in [0.717, 1.165) is 24.9 Å². The lowest BCUT2D eigenvalue weighted by molar-refractivity contribution is 0.0982. The quantitative estimate of drug-likeness (QED) is 0.843. The number of nitrogens with zero attached hydrogens (tertiary/aromatic N) is 3. The lowest BCUT2D eigenvalue weighted by atomic mass is 10.0. The van der Waals surface area contributed by atoms with Crippen molar-refractivity contribution >= 4 is 5.69 Å². The first-order chi connectivity index (χ1) is 10.3. The summed E-state index contributed by atoms with van der Waals surface area (Å²) in [5.41, 5.74) is 1.27. The molecule has 0 bridgehead atoms. The van der Waals surface area contributed by atoms with Crippen LogP contribution in [0.25, 0.3) is 0 Å². The standard InChI is InChI=1S/C17H26N3O/c1-18-10-12-20(13-11-18)15-6-8-19(9-7-15)16-4-3-5-17(14-16)21-2/h3-4,14-15H,6-13H2,1-2H3. The van der Waals surface area contributed by atoms with Crippen molar-refractivity contribution < 1.29 is 4.74 Å². The average Bonchev–Trinajstić information content (AvgIpc) is 2.56. The average molecular weight is 288 g/mol. The van der Waals surface area contributed by atoms with Crippen molar-refractivity contribution in [2.45, 2.75) is 18.9 Å². The third-order valence-electron chi connectivity index (χ3n) is 4.86. The van der Waals surface area contributed by atoms with E-state index >= 15 is 0 Å². The fourth-order valence-electron chi connectivity index (χ4n) is 3.42. The van der Waals surface area contributed by atoms with Crippen LogP contribution in [0.1, 0.15) is 12.8 Å². The van der Waals surface area contributed by atoms with Gasteiger partial charge in [0.15, 0.2) is 0 Å². The Balaban J connectivity index is 1.55. The Morgan fingerprint density at radius 3 is 2.48 bits per heavy atom. The van der Waals surface area contributed by atoms with Crippen LogP contribution in [0.4, 0.5) is 5.69 Å². The maximum atomic E-state index is 5.28. The molecule has 115 valence electrons. The van der Waals surface area contributed by atoms with Gasteiger partial charge >= 0.3 is 0 Å². The molecule has 21 heavy (non-hydrogen) atoms. The Morgan fingerprint density at radius 2 is 1.81 bits per heavy atom. The highest BCUT2D eigenvalue weighted by Crippen LogP contribution is 2.25. The van der Waals surface area contributed by atoms with Gasteiger partial charge in [0.05, 0.1) is 7.11 Å². The predicted octanol–water partition coefficient (Wildman–Crippen LogP) is 1.71. The molecular formula is C17H26N3O. The molecule has 1 radical (unpaired) electrons. The van der Waals surface area contributed by atoms with Gasteiger partial charge in [-0.3, -0.25) is 4.90 Å². The molecule has 4 nitrogen and oxygen atoms in total. The molecule has 0 unspecified atom stereocenters. The number of piperidine rings is 1. The van der Waals surface area contributed by atoms with E-state index in [4.69, 9.17) is 4.74 Å². The fraction of sp³-hybridized carbons (Fsp3) is 0.647. The third-order valence-corrected chi connectivity index (χ3v) is 4.86. The lowest BCUT2D eigenvalue weighted by Gasteiger charge is -2.42. The van der Waals surface area contributed by atoms with Gasteiger partial charge in [0.1, 0.15) is 5.75 Å². The smallest absolute Gasteiger partial charge is 0.128 e. The van der Waals surface area contributed by atoms with E-state index in [-0.39, 0.29) is 0 Å². The van der Waals surface area contributed by atoms with Crippen molar-refractivity contribution in [1.29, 1.82) is 0 Å². The maximum Gasteiger partial charge on any atom is 0.128 e. The minimum atomic E-state index is 0.770. The Labute approximate surface area is 128 Å². The molecular weight excluding hydrogens is 262 g/mol. The van der Waals surface area contributed by atoms with Crippen molar-refractivity contribution in [1.82, 2.24) is 9.80 Å². The Morgan fingerprint density at radius 1 is 1.10 bits per heavy atom. The fourth-order valence-corrected chi connectivity index (χ4v) is 3.42. The number of anilines is 1. The molecule has 1 aromatic rings. The minimum absolute atomic E-state index is 0.770. The number of rotatable bonds is 3. The molecule has 2 aliphatic heterocycles. The molecule has 2 heterocycles. The second-order valence-corrected chi connectivity index (χ2v) is 6.17. The monoisotopic (exact) mass is 288 g/mol. The van der Waals surface area contributed by atoms with E-state index in [1.807, 2.05) is 6.07 Å². The molecule has 0 aromatic heterocycles. The van der Waals surface area contributed by atoms with Gasteiger partial charge < -0.3 is 14.5 Å². The van der Waals surface area contributed by atoms with Crippen molar-refractivity contribution in [3.63, 3.8) is 0 Å². The van der Waals surface area contributed by atoms with Gasteiger partial charge in [0.25, 0.3) is 0 Å². The van der Waals surface area contributed by atoms with E-state index in [1.165, 1.54) is 44.7 Å².